The SMILES string of the molecule is O=C(CCCC(=O)N/N=C/c1cc2c(cc1[N+](=O)[O-])OCO2)N/N=C/c1cc2c(cc1[N+](=O)[O-])OCO2. The molecule has 192 valence electrons. The van der Waals surface area contributed by atoms with E-state index >= 15 is 0 Å². The zero-order valence-electron chi connectivity index (χ0n) is 18.9. The van der Waals surface area contributed by atoms with Gasteiger partial charge in [-0.05, 0) is 18.6 Å². The summed E-state index contributed by atoms with van der Waals surface area (Å²) in [6.45, 7) is -0.109. The molecule has 0 aromatic heterocycles. The van der Waals surface area contributed by atoms with Crippen molar-refractivity contribution in [3.63, 3.8) is 0 Å². The average molecular weight is 514 g/mol. The quantitative estimate of drug-likeness (QED) is 0.267. The second-order valence-corrected chi connectivity index (χ2v) is 7.48. The van der Waals surface area contributed by atoms with Crippen LogP contribution in [0.25, 0.3) is 0 Å². The molecule has 4 rings (SSSR count). The fraction of sp³-hybridized carbons (Fsp3) is 0.238. The lowest BCUT2D eigenvalue weighted by atomic mass is 10.1. The van der Waals surface area contributed by atoms with E-state index in [1.807, 2.05) is 0 Å². The van der Waals surface area contributed by atoms with Gasteiger partial charge in [0.2, 0.25) is 25.4 Å². The molecule has 37 heavy (non-hydrogen) atoms. The van der Waals surface area contributed by atoms with Gasteiger partial charge in [-0.3, -0.25) is 29.8 Å². The average Bonchev–Trinajstić information content (AvgIpc) is 3.51. The third kappa shape index (κ3) is 6.05. The summed E-state index contributed by atoms with van der Waals surface area (Å²) in [6.07, 6.45) is 2.23. The van der Waals surface area contributed by atoms with Gasteiger partial charge in [0.1, 0.15) is 0 Å². The number of nitro benzene ring substituents is 2. The lowest BCUT2D eigenvalue weighted by Crippen LogP contribution is -2.20. The molecule has 2 aliphatic rings. The van der Waals surface area contributed by atoms with Gasteiger partial charge in [0.05, 0.1) is 45.5 Å². The number of ether oxygens (including phenoxy) is 4. The molecule has 2 aliphatic heterocycles. The van der Waals surface area contributed by atoms with E-state index in [0.717, 1.165) is 12.4 Å². The molecule has 0 aliphatic carbocycles. The van der Waals surface area contributed by atoms with Crippen molar-refractivity contribution >= 4 is 35.6 Å². The van der Waals surface area contributed by atoms with E-state index in [0.29, 0.717) is 11.5 Å². The van der Waals surface area contributed by atoms with E-state index in [9.17, 15) is 29.8 Å². The highest BCUT2D eigenvalue weighted by Gasteiger charge is 2.23. The normalized spacial score (nSPS) is 13.2. The van der Waals surface area contributed by atoms with Crippen LogP contribution in [0.3, 0.4) is 0 Å². The molecule has 0 radical (unpaired) electrons. The first-order valence-corrected chi connectivity index (χ1v) is 10.6. The molecule has 2 N–H and O–H groups in total. The van der Waals surface area contributed by atoms with Crippen molar-refractivity contribution in [1.29, 1.82) is 0 Å². The Labute approximate surface area is 207 Å². The molecule has 0 fully saturated rings. The highest BCUT2D eigenvalue weighted by Crippen LogP contribution is 2.38. The maximum absolute atomic E-state index is 12.0. The molecule has 0 unspecified atom stereocenters. The smallest absolute Gasteiger partial charge is 0.282 e. The van der Waals surface area contributed by atoms with Crippen LogP contribution in [-0.4, -0.2) is 47.7 Å². The number of amides is 2. The van der Waals surface area contributed by atoms with Gasteiger partial charge in [0, 0.05) is 12.8 Å². The number of nitro groups is 2. The highest BCUT2D eigenvalue weighted by molar-refractivity contribution is 5.89. The van der Waals surface area contributed by atoms with Crippen LogP contribution >= 0.6 is 0 Å². The molecule has 2 heterocycles. The number of nitrogens with zero attached hydrogens (tertiary/aromatic N) is 4. The summed E-state index contributed by atoms with van der Waals surface area (Å²) in [5.74, 6) is 0.0773. The second kappa shape index (κ2) is 11.0. The van der Waals surface area contributed by atoms with E-state index < -0.39 is 21.7 Å². The summed E-state index contributed by atoms with van der Waals surface area (Å²) in [5.41, 5.74) is 4.13. The first kappa shape index (κ1) is 24.8. The summed E-state index contributed by atoms with van der Waals surface area (Å²) in [6, 6.07) is 5.16. The maximum atomic E-state index is 12.0. The van der Waals surface area contributed by atoms with Gasteiger partial charge in [-0.25, -0.2) is 10.9 Å². The predicted molar refractivity (Wildman–Crippen MR) is 124 cm³/mol. The Balaban J connectivity index is 1.23. The number of carbonyl (C=O) groups excluding carboxylic acids is 2. The van der Waals surface area contributed by atoms with Crippen LogP contribution in [-0.2, 0) is 9.59 Å². The van der Waals surface area contributed by atoms with Gasteiger partial charge in [-0.1, -0.05) is 0 Å². The van der Waals surface area contributed by atoms with Crippen LogP contribution in [0.2, 0.25) is 0 Å². The van der Waals surface area contributed by atoms with Crippen molar-refractivity contribution in [2.45, 2.75) is 19.3 Å². The third-order valence-corrected chi connectivity index (χ3v) is 5.03. The summed E-state index contributed by atoms with van der Waals surface area (Å²) < 4.78 is 20.6. The molecular formula is C21H18N6O10. The molecule has 0 bridgehead atoms. The molecule has 16 heteroatoms. The van der Waals surface area contributed by atoms with E-state index in [1.54, 1.807) is 0 Å². The molecule has 0 saturated carbocycles. The van der Waals surface area contributed by atoms with Crippen LogP contribution in [0, 0.1) is 20.2 Å². The summed E-state index contributed by atoms with van der Waals surface area (Å²) in [5, 5.41) is 29.9. The monoisotopic (exact) mass is 514 g/mol. The van der Waals surface area contributed by atoms with E-state index in [2.05, 4.69) is 21.1 Å². The molecule has 0 spiro atoms. The Morgan fingerprint density at radius 2 is 1.14 bits per heavy atom. The standard InChI is InChI=1S/C21H18N6O10/c28-20(24-22-8-12-4-16-18(36-10-34-16)6-14(12)26(30)31)2-1-3-21(29)25-23-9-13-5-17-19(37-11-35-17)7-15(13)27(32)33/h4-9H,1-3,10-11H2,(H,24,28)(H,25,29)/b22-8+,23-9+. The second-order valence-electron chi connectivity index (χ2n) is 7.48. The maximum Gasteiger partial charge on any atom is 0.282 e. The number of carbonyl (C=O) groups is 2. The van der Waals surface area contributed by atoms with Gasteiger partial charge in [-0.15, -0.1) is 0 Å². The number of rotatable bonds is 10. The largest absolute Gasteiger partial charge is 0.454 e. The zero-order chi connectivity index (χ0) is 26.4. The van der Waals surface area contributed by atoms with Crippen molar-refractivity contribution in [2.75, 3.05) is 13.6 Å². The fourth-order valence-corrected chi connectivity index (χ4v) is 3.29. The minimum absolute atomic E-state index is 0.0545. The number of hydrogen-bond acceptors (Lipinski definition) is 12. The van der Waals surface area contributed by atoms with Crippen molar-refractivity contribution in [1.82, 2.24) is 10.9 Å². The highest BCUT2D eigenvalue weighted by atomic mass is 16.7. The third-order valence-electron chi connectivity index (χ3n) is 5.03. The zero-order valence-corrected chi connectivity index (χ0v) is 18.9. The molecular weight excluding hydrogens is 496 g/mol. The first-order valence-electron chi connectivity index (χ1n) is 10.6. The van der Waals surface area contributed by atoms with E-state index in [1.165, 1.54) is 24.3 Å². The number of benzene rings is 2. The summed E-state index contributed by atoms with van der Waals surface area (Å²) >= 11 is 0. The lowest BCUT2D eigenvalue weighted by molar-refractivity contribution is -0.385. The number of hydrogen-bond donors (Lipinski definition) is 2. The molecule has 2 aromatic rings. The summed E-state index contributed by atoms with van der Waals surface area (Å²) in [7, 11) is 0. The van der Waals surface area contributed by atoms with E-state index in [4.69, 9.17) is 18.9 Å². The topological polar surface area (TPSA) is 206 Å². The molecule has 2 amide bonds. The van der Waals surface area contributed by atoms with Crippen molar-refractivity contribution in [2.24, 2.45) is 10.2 Å². The minimum atomic E-state index is -0.614. The lowest BCUT2D eigenvalue weighted by Gasteiger charge is -2.02. The Hall–Kier alpha value is -5.28. The molecule has 0 atom stereocenters. The first-order chi connectivity index (χ1) is 17.8. The summed E-state index contributed by atoms with van der Waals surface area (Å²) in [4.78, 5) is 45.2. The molecule has 16 nitrogen and oxygen atoms in total. The van der Waals surface area contributed by atoms with Crippen LogP contribution < -0.4 is 29.8 Å². The number of fused-ring (bicyclic) bond motifs is 2. The minimum Gasteiger partial charge on any atom is -0.454 e. The van der Waals surface area contributed by atoms with Crippen LogP contribution in [0.5, 0.6) is 23.0 Å². The predicted octanol–water partition coefficient (Wildman–Crippen LogP) is 1.73. The van der Waals surface area contributed by atoms with Crippen molar-refractivity contribution in [3.05, 3.63) is 55.6 Å². The van der Waals surface area contributed by atoms with Crippen molar-refractivity contribution in [3.8, 4) is 23.0 Å². The number of hydrazone groups is 2. The molecule has 0 saturated heterocycles. The van der Waals surface area contributed by atoms with Crippen molar-refractivity contribution < 1.29 is 38.4 Å². The van der Waals surface area contributed by atoms with Gasteiger partial charge in [0.25, 0.3) is 11.4 Å². The van der Waals surface area contributed by atoms with Gasteiger partial charge >= 0.3 is 0 Å². The Morgan fingerprint density at radius 1 is 0.757 bits per heavy atom. The van der Waals surface area contributed by atoms with Crippen LogP contribution in [0.1, 0.15) is 30.4 Å². The Bertz CT molecular complexity index is 1230. The van der Waals surface area contributed by atoms with Gasteiger partial charge < -0.3 is 18.9 Å². The van der Waals surface area contributed by atoms with Gasteiger partial charge in [0.15, 0.2) is 23.0 Å². The Morgan fingerprint density at radius 3 is 1.51 bits per heavy atom. The number of nitrogens with one attached hydrogen (secondary N) is 2. The Kier molecular flexibility index (Phi) is 7.37. The van der Waals surface area contributed by atoms with Crippen LogP contribution in [0.4, 0.5) is 11.4 Å². The van der Waals surface area contributed by atoms with E-state index in [-0.39, 0.29) is 66.8 Å². The molecule has 2 aromatic carbocycles. The van der Waals surface area contributed by atoms with Crippen LogP contribution in [0.15, 0.2) is 34.5 Å². The van der Waals surface area contributed by atoms with Gasteiger partial charge in [-0.2, -0.15) is 10.2 Å². The fourth-order valence-electron chi connectivity index (χ4n) is 3.29.